The normalized spacial score (nSPS) is 29.7. The quantitative estimate of drug-likeness (QED) is 0.324. The van der Waals surface area contributed by atoms with Crippen molar-refractivity contribution < 1.29 is 0 Å². The van der Waals surface area contributed by atoms with Crippen molar-refractivity contribution in [2.24, 2.45) is 5.11 Å². The lowest BCUT2D eigenvalue weighted by Gasteiger charge is -2.23. The third-order valence-electron chi connectivity index (χ3n) is 3.31. The second kappa shape index (κ2) is 4.71. The van der Waals surface area contributed by atoms with Gasteiger partial charge in [0, 0.05) is 37.1 Å². The highest BCUT2D eigenvalue weighted by Crippen LogP contribution is 2.33. The Kier molecular flexibility index (Phi) is 3.30. The molecule has 1 unspecified atom stereocenters. The van der Waals surface area contributed by atoms with E-state index < -0.39 is 5.54 Å². The third-order valence-corrected chi connectivity index (χ3v) is 3.31. The van der Waals surface area contributed by atoms with Crippen LogP contribution in [0.5, 0.6) is 0 Å². The summed E-state index contributed by atoms with van der Waals surface area (Å²) in [4.78, 5) is 5.09. The molecule has 0 aromatic rings. The Morgan fingerprint density at radius 3 is 3.06 bits per heavy atom. The first-order chi connectivity index (χ1) is 7.79. The lowest BCUT2D eigenvalue weighted by atomic mass is 10.0. The van der Waals surface area contributed by atoms with Crippen LogP contribution >= 0.6 is 0 Å². The van der Waals surface area contributed by atoms with Crippen molar-refractivity contribution in [3.63, 3.8) is 0 Å². The molecule has 0 aromatic heterocycles. The molecule has 2 aliphatic rings. The van der Waals surface area contributed by atoms with Crippen LogP contribution in [0.25, 0.3) is 10.4 Å². The average molecular weight is 220 g/mol. The maximum atomic E-state index is 9.25. The van der Waals surface area contributed by atoms with Gasteiger partial charge in [0.2, 0.25) is 0 Å². The molecule has 0 spiro atoms. The molecule has 16 heavy (non-hydrogen) atoms. The van der Waals surface area contributed by atoms with Crippen molar-refractivity contribution in [1.29, 1.82) is 5.26 Å². The average Bonchev–Trinajstić information content (AvgIpc) is 3.07. The monoisotopic (exact) mass is 220 g/mol. The van der Waals surface area contributed by atoms with Crippen LogP contribution < -0.4 is 5.32 Å². The number of hydrogen-bond donors (Lipinski definition) is 1. The van der Waals surface area contributed by atoms with Crippen LogP contribution in [0, 0.1) is 11.3 Å². The van der Waals surface area contributed by atoms with Crippen molar-refractivity contribution in [3.05, 3.63) is 10.4 Å². The van der Waals surface area contributed by atoms with E-state index in [0.29, 0.717) is 19.1 Å². The summed E-state index contributed by atoms with van der Waals surface area (Å²) in [5.41, 5.74) is 7.74. The molecule has 1 saturated carbocycles. The maximum absolute atomic E-state index is 9.25. The molecule has 0 bridgehead atoms. The zero-order valence-corrected chi connectivity index (χ0v) is 9.26. The molecule has 1 heterocycles. The molecule has 0 radical (unpaired) electrons. The molecule has 6 nitrogen and oxygen atoms in total. The first kappa shape index (κ1) is 11.2. The summed E-state index contributed by atoms with van der Waals surface area (Å²) in [7, 11) is 0. The van der Waals surface area contributed by atoms with Gasteiger partial charge in [-0.1, -0.05) is 5.11 Å². The Labute approximate surface area is 94.8 Å². The lowest BCUT2D eigenvalue weighted by Crippen LogP contribution is -2.47. The van der Waals surface area contributed by atoms with Gasteiger partial charge in [0.15, 0.2) is 0 Å². The van der Waals surface area contributed by atoms with Gasteiger partial charge in [-0.25, -0.2) is 0 Å². The van der Waals surface area contributed by atoms with E-state index in [4.69, 9.17) is 5.53 Å². The van der Waals surface area contributed by atoms with Crippen LogP contribution in [0.15, 0.2) is 5.11 Å². The van der Waals surface area contributed by atoms with E-state index in [2.05, 4.69) is 26.3 Å². The molecule has 1 aliphatic heterocycles. The Balaban J connectivity index is 1.83. The van der Waals surface area contributed by atoms with Gasteiger partial charge in [-0.05, 0) is 24.8 Å². The summed E-state index contributed by atoms with van der Waals surface area (Å²) in [5.74, 6) is 0. The van der Waals surface area contributed by atoms with Crippen LogP contribution in [-0.2, 0) is 0 Å². The minimum Gasteiger partial charge on any atom is -0.298 e. The minimum absolute atomic E-state index is 0.406. The Morgan fingerprint density at radius 1 is 1.62 bits per heavy atom. The second-order valence-electron chi connectivity index (χ2n) is 4.53. The van der Waals surface area contributed by atoms with E-state index in [0.717, 1.165) is 19.5 Å². The van der Waals surface area contributed by atoms with Crippen LogP contribution in [0.3, 0.4) is 0 Å². The van der Waals surface area contributed by atoms with E-state index in [1.807, 2.05) is 0 Å². The van der Waals surface area contributed by atoms with Crippen molar-refractivity contribution in [2.75, 3.05) is 26.2 Å². The molecular formula is C10H16N6. The van der Waals surface area contributed by atoms with E-state index in [1.165, 1.54) is 12.8 Å². The van der Waals surface area contributed by atoms with Crippen LogP contribution in [0.2, 0.25) is 0 Å². The SMILES string of the molecule is N#CC1(NCCN=[N+]=[N-])CCN(C2CC2)C1. The lowest BCUT2D eigenvalue weighted by molar-refractivity contribution is 0.302. The maximum Gasteiger partial charge on any atom is 0.120 e. The van der Waals surface area contributed by atoms with Gasteiger partial charge in [0.05, 0.1) is 6.07 Å². The molecule has 86 valence electrons. The fraction of sp³-hybridized carbons (Fsp3) is 0.900. The van der Waals surface area contributed by atoms with Crippen molar-refractivity contribution >= 4 is 0 Å². The van der Waals surface area contributed by atoms with Crippen molar-refractivity contribution in [1.82, 2.24) is 10.2 Å². The van der Waals surface area contributed by atoms with Gasteiger partial charge in [-0.3, -0.25) is 10.2 Å². The molecule has 6 heteroatoms. The fourth-order valence-corrected chi connectivity index (χ4v) is 2.26. The van der Waals surface area contributed by atoms with E-state index in [1.54, 1.807) is 0 Å². The molecule has 0 aromatic carbocycles. The van der Waals surface area contributed by atoms with Gasteiger partial charge in [0.1, 0.15) is 5.54 Å². The first-order valence-corrected chi connectivity index (χ1v) is 5.71. The smallest absolute Gasteiger partial charge is 0.120 e. The Bertz CT molecular complexity index is 338. The first-order valence-electron chi connectivity index (χ1n) is 5.71. The number of nitrogens with zero attached hydrogens (tertiary/aromatic N) is 5. The number of azide groups is 1. The topological polar surface area (TPSA) is 87.8 Å². The molecular weight excluding hydrogens is 204 g/mol. The van der Waals surface area contributed by atoms with E-state index >= 15 is 0 Å². The minimum atomic E-state index is -0.423. The van der Waals surface area contributed by atoms with Crippen LogP contribution in [-0.4, -0.2) is 42.7 Å². The van der Waals surface area contributed by atoms with Gasteiger partial charge >= 0.3 is 0 Å². The fourth-order valence-electron chi connectivity index (χ4n) is 2.26. The Hall–Kier alpha value is -1.28. The predicted octanol–water partition coefficient (Wildman–Crippen LogP) is 1.02. The summed E-state index contributed by atoms with van der Waals surface area (Å²) in [6.07, 6.45) is 3.43. The standard InChI is InChI=1S/C10H16N6/c11-7-10(13-4-5-14-15-12)3-6-16(8-10)9-1-2-9/h9,13H,1-6,8H2. The van der Waals surface area contributed by atoms with E-state index in [-0.39, 0.29) is 0 Å². The molecule has 1 aliphatic carbocycles. The summed E-state index contributed by atoms with van der Waals surface area (Å²) < 4.78 is 0. The zero-order chi connectivity index (χ0) is 11.4. The highest BCUT2D eigenvalue weighted by molar-refractivity contribution is 5.14. The van der Waals surface area contributed by atoms with E-state index in [9.17, 15) is 5.26 Å². The molecule has 1 saturated heterocycles. The number of hydrogen-bond acceptors (Lipinski definition) is 4. The highest BCUT2D eigenvalue weighted by Gasteiger charge is 2.43. The summed E-state index contributed by atoms with van der Waals surface area (Å²) in [5, 5.41) is 15.9. The molecule has 1 N–H and O–H groups in total. The van der Waals surface area contributed by atoms with Gasteiger partial charge < -0.3 is 0 Å². The predicted molar refractivity (Wildman–Crippen MR) is 59.6 cm³/mol. The summed E-state index contributed by atoms with van der Waals surface area (Å²) in [6, 6.07) is 3.10. The van der Waals surface area contributed by atoms with Crippen molar-refractivity contribution in [3.8, 4) is 6.07 Å². The number of nitriles is 1. The Morgan fingerprint density at radius 2 is 2.44 bits per heavy atom. The number of likely N-dealkylation sites (tertiary alicyclic amines) is 1. The molecule has 2 rings (SSSR count). The van der Waals surface area contributed by atoms with Gasteiger partial charge in [0.25, 0.3) is 0 Å². The second-order valence-corrected chi connectivity index (χ2v) is 4.53. The van der Waals surface area contributed by atoms with Crippen LogP contribution in [0.4, 0.5) is 0 Å². The summed E-state index contributed by atoms with van der Waals surface area (Å²) >= 11 is 0. The largest absolute Gasteiger partial charge is 0.298 e. The van der Waals surface area contributed by atoms with Gasteiger partial charge in [-0.2, -0.15) is 5.26 Å². The van der Waals surface area contributed by atoms with Gasteiger partial charge in [-0.15, -0.1) is 0 Å². The van der Waals surface area contributed by atoms with Crippen LogP contribution in [0.1, 0.15) is 19.3 Å². The summed E-state index contributed by atoms with van der Waals surface area (Å²) in [6.45, 7) is 2.80. The van der Waals surface area contributed by atoms with Crippen molar-refractivity contribution in [2.45, 2.75) is 30.8 Å². The third kappa shape index (κ3) is 2.45. The highest BCUT2D eigenvalue weighted by atomic mass is 15.3. The molecule has 0 amide bonds. The molecule has 2 fully saturated rings. The number of rotatable bonds is 5. The zero-order valence-electron chi connectivity index (χ0n) is 9.26. The number of nitrogens with one attached hydrogen (secondary N) is 1. The molecule has 1 atom stereocenters.